The summed E-state index contributed by atoms with van der Waals surface area (Å²) in [5, 5.41) is 0. The minimum Gasteiger partial charge on any atom is -0.485 e. The molecule has 0 bridgehead atoms. The monoisotopic (exact) mass is 181 g/mol. The number of para-hydroxylation sites is 1. The summed E-state index contributed by atoms with van der Waals surface area (Å²) in [6.07, 6.45) is 3.35. The van der Waals surface area contributed by atoms with Crippen LogP contribution in [0.2, 0.25) is 0 Å². The highest BCUT2D eigenvalue weighted by molar-refractivity contribution is 5.52. The van der Waals surface area contributed by atoms with Gasteiger partial charge in [0, 0.05) is 0 Å². The number of nitrogen functional groups attached to an aromatic ring is 1. The zero-order chi connectivity index (χ0) is 9.26. The summed E-state index contributed by atoms with van der Waals surface area (Å²) in [6, 6.07) is 4.60. The Kier molecular flexibility index (Phi) is 2.08. The molecule has 2 nitrogen and oxygen atoms in total. The first kappa shape index (κ1) is 8.35. The van der Waals surface area contributed by atoms with Crippen molar-refractivity contribution in [2.24, 2.45) is 0 Å². The van der Waals surface area contributed by atoms with Crippen molar-refractivity contribution in [2.75, 3.05) is 5.73 Å². The van der Waals surface area contributed by atoms with E-state index in [1.807, 2.05) is 0 Å². The molecule has 0 saturated heterocycles. The van der Waals surface area contributed by atoms with Crippen LogP contribution in [0.15, 0.2) is 18.2 Å². The first-order chi connectivity index (χ1) is 6.27. The summed E-state index contributed by atoms with van der Waals surface area (Å²) in [5.74, 6) is -0.154. The molecule has 70 valence electrons. The number of hydrogen-bond donors (Lipinski definition) is 1. The van der Waals surface area contributed by atoms with Gasteiger partial charge in [-0.25, -0.2) is 4.39 Å². The van der Waals surface area contributed by atoms with Crippen LogP contribution in [-0.2, 0) is 0 Å². The van der Waals surface area contributed by atoms with Gasteiger partial charge in [0.25, 0.3) is 0 Å². The van der Waals surface area contributed by atoms with Gasteiger partial charge in [-0.15, -0.1) is 0 Å². The highest BCUT2D eigenvalue weighted by Gasteiger charge is 2.21. The Labute approximate surface area is 76.5 Å². The molecule has 2 N–H and O–H groups in total. The molecule has 0 aromatic heterocycles. The first-order valence-corrected chi connectivity index (χ1v) is 4.48. The van der Waals surface area contributed by atoms with Crippen LogP contribution in [0, 0.1) is 5.82 Å². The number of hydrogen-bond acceptors (Lipinski definition) is 2. The van der Waals surface area contributed by atoms with Gasteiger partial charge in [-0.1, -0.05) is 6.07 Å². The average Bonchev–Trinajstić information content (AvgIpc) is 2.00. The van der Waals surface area contributed by atoms with Crippen molar-refractivity contribution in [3.05, 3.63) is 24.0 Å². The summed E-state index contributed by atoms with van der Waals surface area (Å²) in [5.41, 5.74) is 5.96. The molecular formula is C10H12FNO. The molecule has 0 amide bonds. The fourth-order valence-electron chi connectivity index (χ4n) is 1.31. The number of benzene rings is 1. The van der Waals surface area contributed by atoms with Crippen molar-refractivity contribution < 1.29 is 9.13 Å². The van der Waals surface area contributed by atoms with E-state index in [1.165, 1.54) is 12.5 Å². The largest absolute Gasteiger partial charge is 0.485 e. The fourth-order valence-corrected chi connectivity index (χ4v) is 1.31. The number of anilines is 1. The second-order valence-corrected chi connectivity index (χ2v) is 3.33. The van der Waals surface area contributed by atoms with E-state index < -0.39 is 0 Å². The Morgan fingerprint density at radius 1 is 1.38 bits per heavy atom. The van der Waals surface area contributed by atoms with Crippen molar-refractivity contribution >= 4 is 5.69 Å². The quantitative estimate of drug-likeness (QED) is 0.711. The van der Waals surface area contributed by atoms with Crippen LogP contribution in [0.3, 0.4) is 0 Å². The van der Waals surface area contributed by atoms with E-state index in [9.17, 15) is 4.39 Å². The lowest BCUT2D eigenvalue weighted by atomic mass is 9.96. The zero-order valence-electron chi connectivity index (χ0n) is 7.29. The van der Waals surface area contributed by atoms with E-state index in [4.69, 9.17) is 10.5 Å². The number of rotatable bonds is 2. The molecule has 0 radical (unpaired) electrons. The summed E-state index contributed by atoms with van der Waals surface area (Å²) >= 11 is 0. The normalized spacial score (nSPS) is 16.7. The van der Waals surface area contributed by atoms with E-state index in [1.54, 1.807) is 12.1 Å². The minimum atomic E-state index is -0.369. The highest BCUT2D eigenvalue weighted by Crippen LogP contribution is 2.30. The Hall–Kier alpha value is -1.25. The van der Waals surface area contributed by atoms with E-state index in [0.717, 1.165) is 12.8 Å². The summed E-state index contributed by atoms with van der Waals surface area (Å²) in [6.45, 7) is 0. The van der Waals surface area contributed by atoms with Crippen molar-refractivity contribution in [3.63, 3.8) is 0 Å². The van der Waals surface area contributed by atoms with Crippen LogP contribution < -0.4 is 10.5 Å². The average molecular weight is 181 g/mol. The minimum absolute atomic E-state index is 0.166. The van der Waals surface area contributed by atoms with Crippen LogP contribution in [0.25, 0.3) is 0 Å². The fraction of sp³-hybridized carbons (Fsp3) is 0.400. The Morgan fingerprint density at radius 2 is 2.15 bits per heavy atom. The van der Waals surface area contributed by atoms with Crippen LogP contribution in [0.5, 0.6) is 5.75 Å². The third-order valence-electron chi connectivity index (χ3n) is 2.33. The molecule has 0 heterocycles. The maximum absolute atomic E-state index is 13.2. The van der Waals surface area contributed by atoms with E-state index in [2.05, 4.69) is 0 Å². The predicted octanol–water partition coefficient (Wildman–Crippen LogP) is 2.34. The van der Waals surface area contributed by atoms with Crippen molar-refractivity contribution in [2.45, 2.75) is 25.4 Å². The number of ether oxygens (including phenoxy) is 1. The molecule has 0 unspecified atom stereocenters. The van der Waals surface area contributed by atoms with Gasteiger partial charge in [-0.05, 0) is 31.4 Å². The Balaban J connectivity index is 2.17. The van der Waals surface area contributed by atoms with Gasteiger partial charge in [-0.2, -0.15) is 0 Å². The summed E-state index contributed by atoms with van der Waals surface area (Å²) < 4.78 is 18.6. The summed E-state index contributed by atoms with van der Waals surface area (Å²) in [4.78, 5) is 0. The van der Waals surface area contributed by atoms with Gasteiger partial charge in [0.2, 0.25) is 0 Å². The van der Waals surface area contributed by atoms with E-state index in [0.29, 0.717) is 5.69 Å². The third kappa shape index (κ3) is 1.59. The van der Waals surface area contributed by atoms with Gasteiger partial charge in [0.05, 0.1) is 11.8 Å². The molecule has 1 aromatic carbocycles. The predicted molar refractivity (Wildman–Crippen MR) is 49.1 cm³/mol. The van der Waals surface area contributed by atoms with Crippen LogP contribution >= 0.6 is 0 Å². The molecule has 1 aliphatic rings. The van der Waals surface area contributed by atoms with Crippen molar-refractivity contribution in [1.29, 1.82) is 0 Å². The smallest absolute Gasteiger partial charge is 0.178 e. The van der Waals surface area contributed by atoms with Gasteiger partial charge < -0.3 is 10.5 Å². The van der Waals surface area contributed by atoms with Crippen LogP contribution in [-0.4, -0.2) is 6.10 Å². The molecule has 1 aromatic rings. The number of halogens is 1. The first-order valence-electron chi connectivity index (χ1n) is 4.48. The second kappa shape index (κ2) is 3.24. The van der Waals surface area contributed by atoms with E-state index in [-0.39, 0.29) is 17.7 Å². The Morgan fingerprint density at radius 3 is 2.69 bits per heavy atom. The van der Waals surface area contributed by atoms with Crippen molar-refractivity contribution in [1.82, 2.24) is 0 Å². The topological polar surface area (TPSA) is 35.2 Å². The summed E-state index contributed by atoms with van der Waals surface area (Å²) in [7, 11) is 0. The molecule has 1 saturated carbocycles. The van der Waals surface area contributed by atoms with Gasteiger partial charge in [0.1, 0.15) is 0 Å². The standard InChI is InChI=1S/C10H12FNO/c11-8-5-2-6-9(12)10(8)13-7-3-1-4-7/h2,5-7H,1,3-4,12H2. The molecular weight excluding hydrogens is 169 g/mol. The lowest BCUT2D eigenvalue weighted by Gasteiger charge is -2.27. The second-order valence-electron chi connectivity index (χ2n) is 3.33. The third-order valence-corrected chi connectivity index (χ3v) is 2.33. The molecule has 0 spiro atoms. The lowest BCUT2D eigenvalue weighted by molar-refractivity contribution is 0.116. The molecule has 1 aliphatic carbocycles. The highest BCUT2D eigenvalue weighted by atomic mass is 19.1. The van der Waals surface area contributed by atoms with Gasteiger partial charge >= 0.3 is 0 Å². The zero-order valence-corrected chi connectivity index (χ0v) is 7.29. The maximum Gasteiger partial charge on any atom is 0.178 e. The van der Waals surface area contributed by atoms with E-state index >= 15 is 0 Å². The van der Waals surface area contributed by atoms with Crippen molar-refractivity contribution in [3.8, 4) is 5.75 Å². The Bertz CT molecular complexity index is 290. The molecule has 3 heteroatoms. The SMILES string of the molecule is Nc1cccc(F)c1OC1CCC1. The number of nitrogens with two attached hydrogens (primary N) is 1. The maximum atomic E-state index is 13.2. The van der Waals surface area contributed by atoms with Crippen LogP contribution in [0.1, 0.15) is 19.3 Å². The van der Waals surface area contributed by atoms with Crippen LogP contribution in [0.4, 0.5) is 10.1 Å². The van der Waals surface area contributed by atoms with Gasteiger partial charge in [0.15, 0.2) is 11.6 Å². The lowest BCUT2D eigenvalue weighted by Crippen LogP contribution is -2.25. The molecule has 0 atom stereocenters. The van der Waals surface area contributed by atoms with Gasteiger partial charge in [-0.3, -0.25) is 0 Å². The molecule has 13 heavy (non-hydrogen) atoms. The molecule has 1 fully saturated rings. The molecule has 2 rings (SSSR count). The molecule has 0 aliphatic heterocycles.